The van der Waals surface area contributed by atoms with Crippen LogP contribution in [-0.2, 0) is 6.54 Å². The molecule has 0 atom stereocenters. The molecule has 0 radical (unpaired) electrons. The van der Waals surface area contributed by atoms with E-state index < -0.39 is 0 Å². The summed E-state index contributed by atoms with van der Waals surface area (Å²) in [6.07, 6.45) is 4.20. The van der Waals surface area contributed by atoms with Gasteiger partial charge < -0.3 is 15.2 Å². The molecule has 0 unspecified atom stereocenters. The Bertz CT molecular complexity index is 582. The van der Waals surface area contributed by atoms with Gasteiger partial charge in [0.05, 0.1) is 24.0 Å². The fourth-order valence-corrected chi connectivity index (χ4v) is 1.66. The minimum Gasteiger partial charge on any atom is -0.383 e. The van der Waals surface area contributed by atoms with Crippen molar-refractivity contribution < 1.29 is 9.32 Å². The zero-order valence-corrected chi connectivity index (χ0v) is 11.5. The molecule has 7 nitrogen and oxygen atoms in total. The zero-order valence-electron chi connectivity index (χ0n) is 11.5. The normalized spacial score (nSPS) is 10.3. The maximum Gasteiger partial charge on any atom is 0.253 e. The van der Waals surface area contributed by atoms with Crippen LogP contribution in [0.1, 0.15) is 35.4 Å². The third-order valence-corrected chi connectivity index (χ3v) is 2.60. The number of hydrogen-bond acceptors (Lipinski definition) is 6. The molecule has 0 aliphatic rings. The van der Waals surface area contributed by atoms with Gasteiger partial charge in [-0.2, -0.15) is 4.98 Å². The molecule has 0 aliphatic heterocycles. The number of hydrogen-bond donors (Lipinski definition) is 2. The number of carbonyl (C=O) groups excluding carboxylic acids is 1. The van der Waals surface area contributed by atoms with Crippen molar-refractivity contribution in [3.63, 3.8) is 0 Å². The quantitative estimate of drug-likeness (QED) is 0.830. The third-order valence-electron chi connectivity index (χ3n) is 2.60. The summed E-state index contributed by atoms with van der Waals surface area (Å²) in [7, 11) is 0. The van der Waals surface area contributed by atoms with Crippen molar-refractivity contribution in [3.8, 4) is 0 Å². The largest absolute Gasteiger partial charge is 0.383 e. The number of aromatic nitrogens is 3. The molecule has 0 aromatic carbocycles. The molecule has 2 heterocycles. The molecule has 2 N–H and O–H groups in total. The van der Waals surface area contributed by atoms with Gasteiger partial charge in [-0.15, -0.1) is 0 Å². The van der Waals surface area contributed by atoms with E-state index in [1.807, 2.05) is 0 Å². The summed E-state index contributed by atoms with van der Waals surface area (Å²) in [5, 5.41) is 9.58. The Morgan fingerprint density at radius 1 is 1.45 bits per heavy atom. The van der Waals surface area contributed by atoms with Crippen molar-refractivity contribution in [2.75, 3.05) is 11.9 Å². The third kappa shape index (κ3) is 3.53. The highest BCUT2D eigenvalue weighted by Gasteiger charge is 2.12. The fourth-order valence-electron chi connectivity index (χ4n) is 1.66. The predicted octanol–water partition coefficient (Wildman–Crippen LogP) is 1.52. The first-order chi connectivity index (χ1) is 9.70. The van der Waals surface area contributed by atoms with Crippen molar-refractivity contribution in [3.05, 3.63) is 35.7 Å². The average Bonchev–Trinajstić information content (AvgIpc) is 2.88. The predicted molar refractivity (Wildman–Crippen MR) is 73.2 cm³/mol. The molecular formula is C13H17N5O2. The molecule has 20 heavy (non-hydrogen) atoms. The Balaban J connectivity index is 2.01. The standard InChI is InChI=1S/C13H17N5O2/c1-3-5-15-11-7-14-6-4-10(11)13(19)16-8-12-17-9(2)18-20-12/h4,6-7,15H,3,5,8H2,1-2H3,(H,16,19). The Morgan fingerprint density at radius 2 is 2.30 bits per heavy atom. The van der Waals surface area contributed by atoms with Crippen LogP contribution in [0.5, 0.6) is 0 Å². The highest BCUT2D eigenvalue weighted by molar-refractivity contribution is 5.99. The number of amides is 1. The van der Waals surface area contributed by atoms with Gasteiger partial charge in [-0.25, -0.2) is 0 Å². The van der Waals surface area contributed by atoms with Gasteiger partial charge in [-0.1, -0.05) is 12.1 Å². The zero-order chi connectivity index (χ0) is 14.4. The van der Waals surface area contributed by atoms with Gasteiger partial charge in [0, 0.05) is 12.7 Å². The minimum atomic E-state index is -0.207. The molecule has 0 saturated carbocycles. The van der Waals surface area contributed by atoms with E-state index in [4.69, 9.17) is 4.52 Å². The van der Waals surface area contributed by atoms with Crippen molar-refractivity contribution in [1.29, 1.82) is 0 Å². The van der Waals surface area contributed by atoms with Crippen molar-refractivity contribution in [1.82, 2.24) is 20.4 Å². The summed E-state index contributed by atoms with van der Waals surface area (Å²) in [6.45, 7) is 4.77. The number of rotatable bonds is 6. The molecule has 1 amide bonds. The van der Waals surface area contributed by atoms with Crippen LogP contribution in [0.3, 0.4) is 0 Å². The molecular weight excluding hydrogens is 258 g/mol. The average molecular weight is 275 g/mol. The van der Waals surface area contributed by atoms with Crippen LogP contribution in [0.4, 0.5) is 5.69 Å². The van der Waals surface area contributed by atoms with Gasteiger partial charge in [0.25, 0.3) is 5.91 Å². The van der Waals surface area contributed by atoms with Crippen LogP contribution in [0.15, 0.2) is 23.0 Å². The monoisotopic (exact) mass is 275 g/mol. The maximum atomic E-state index is 12.1. The highest BCUT2D eigenvalue weighted by atomic mass is 16.5. The summed E-state index contributed by atoms with van der Waals surface area (Å²) in [5.41, 5.74) is 1.26. The number of anilines is 1. The van der Waals surface area contributed by atoms with Crippen LogP contribution in [0, 0.1) is 6.92 Å². The second-order valence-corrected chi connectivity index (χ2v) is 4.27. The lowest BCUT2D eigenvalue weighted by atomic mass is 10.2. The van der Waals surface area contributed by atoms with Gasteiger partial charge in [0.1, 0.15) is 0 Å². The number of pyridine rings is 1. The summed E-state index contributed by atoms with van der Waals surface area (Å²) in [5.74, 6) is 0.721. The van der Waals surface area contributed by atoms with Gasteiger partial charge in [-0.3, -0.25) is 9.78 Å². The highest BCUT2D eigenvalue weighted by Crippen LogP contribution is 2.13. The smallest absolute Gasteiger partial charge is 0.253 e. The van der Waals surface area contributed by atoms with Crippen molar-refractivity contribution >= 4 is 11.6 Å². The van der Waals surface area contributed by atoms with E-state index in [0.717, 1.165) is 13.0 Å². The van der Waals surface area contributed by atoms with Crippen molar-refractivity contribution in [2.24, 2.45) is 0 Å². The molecule has 106 valence electrons. The van der Waals surface area contributed by atoms with Crippen LogP contribution in [0.2, 0.25) is 0 Å². The van der Waals surface area contributed by atoms with E-state index >= 15 is 0 Å². The number of carbonyl (C=O) groups is 1. The van der Waals surface area contributed by atoms with Gasteiger partial charge in [0.15, 0.2) is 5.82 Å². The Labute approximate surface area is 116 Å². The van der Waals surface area contributed by atoms with Gasteiger partial charge >= 0.3 is 0 Å². The fraction of sp³-hybridized carbons (Fsp3) is 0.385. The molecule has 0 saturated heterocycles. The van der Waals surface area contributed by atoms with E-state index in [0.29, 0.717) is 23.0 Å². The summed E-state index contributed by atoms with van der Waals surface area (Å²) < 4.78 is 4.94. The summed E-state index contributed by atoms with van der Waals surface area (Å²) >= 11 is 0. The summed E-state index contributed by atoms with van der Waals surface area (Å²) in [4.78, 5) is 20.2. The van der Waals surface area contributed by atoms with Gasteiger partial charge in [0.2, 0.25) is 5.89 Å². The van der Waals surface area contributed by atoms with Crippen LogP contribution < -0.4 is 10.6 Å². The SMILES string of the molecule is CCCNc1cnccc1C(=O)NCc1nc(C)no1. The first kappa shape index (κ1) is 14.0. The number of aryl methyl sites for hydroxylation is 1. The van der Waals surface area contributed by atoms with E-state index in [9.17, 15) is 4.79 Å². The maximum absolute atomic E-state index is 12.1. The number of nitrogens with one attached hydrogen (secondary N) is 2. The molecule has 2 rings (SSSR count). The molecule has 2 aromatic heterocycles. The van der Waals surface area contributed by atoms with E-state index in [-0.39, 0.29) is 12.5 Å². The lowest BCUT2D eigenvalue weighted by Gasteiger charge is -2.10. The van der Waals surface area contributed by atoms with Crippen LogP contribution in [-0.4, -0.2) is 27.6 Å². The minimum absolute atomic E-state index is 0.204. The first-order valence-corrected chi connectivity index (χ1v) is 6.46. The van der Waals surface area contributed by atoms with Crippen LogP contribution >= 0.6 is 0 Å². The molecule has 2 aromatic rings. The Kier molecular flexibility index (Phi) is 4.65. The lowest BCUT2D eigenvalue weighted by Crippen LogP contribution is -2.24. The second kappa shape index (κ2) is 6.65. The van der Waals surface area contributed by atoms with E-state index in [1.54, 1.807) is 25.4 Å². The van der Waals surface area contributed by atoms with Gasteiger partial charge in [-0.05, 0) is 19.4 Å². The van der Waals surface area contributed by atoms with Crippen molar-refractivity contribution in [2.45, 2.75) is 26.8 Å². The lowest BCUT2D eigenvalue weighted by molar-refractivity contribution is 0.0947. The Morgan fingerprint density at radius 3 is 3.00 bits per heavy atom. The molecule has 0 spiro atoms. The second-order valence-electron chi connectivity index (χ2n) is 4.27. The van der Waals surface area contributed by atoms with E-state index in [1.165, 1.54) is 0 Å². The molecule has 7 heteroatoms. The number of nitrogens with zero attached hydrogens (tertiary/aromatic N) is 3. The molecule has 0 bridgehead atoms. The molecule has 0 fully saturated rings. The van der Waals surface area contributed by atoms with Crippen LogP contribution in [0.25, 0.3) is 0 Å². The van der Waals surface area contributed by atoms with E-state index in [2.05, 4.69) is 32.7 Å². The summed E-state index contributed by atoms with van der Waals surface area (Å²) in [6, 6.07) is 1.67. The first-order valence-electron chi connectivity index (χ1n) is 6.46. The Hall–Kier alpha value is -2.44. The topological polar surface area (TPSA) is 92.9 Å². The molecule has 0 aliphatic carbocycles.